The van der Waals surface area contributed by atoms with Gasteiger partial charge < -0.3 is 4.90 Å². The van der Waals surface area contributed by atoms with Crippen LogP contribution in [0.1, 0.15) is 18.2 Å². The maximum absolute atomic E-state index is 13.2. The van der Waals surface area contributed by atoms with Crippen molar-refractivity contribution in [1.29, 1.82) is 0 Å². The Morgan fingerprint density at radius 2 is 1.54 bits per heavy atom. The Morgan fingerprint density at radius 1 is 0.929 bits per heavy atom. The lowest BCUT2D eigenvalue weighted by molar-refractivity contribution is 0.180. The zero-order valence-corrected chi connectivity index (χ0v) is 16.9. The summed E-state index contributed by atoms with van der Waals surface area (Å²) in [7, 11) is 1.96. The van der Waals surface area contributed by atoms with Crippen LogP contribution >= 0.6 is 0 Å². The van der Waals surface area contributed by atoms with Gasteiger partial charge in [0, 0.05) is 50.6 Å². The Morgan fingerprint density at radius 3 is 2.14 bits per heavy atom. The normalized spacial score (nSPS) is 17.8. The molecule has 28 heavy (non-hydrogen) atoms. The van der Waals surface area contributed by atoms with Gasteiger partial charge in [0.25, 0.3) is 5.56 Å². The Balaban J connectivity index is 1.55. The molecule has 0 aliphatic carbocycles. The van der Waals surface area contributed by atoms with E-state index in [0.29, 0.717) is 12.6 Å². The van der Waals surface area contributed by atoms with Gasteiger partial charge in [-0.1, -0.05) is 36.4 Å². The molecule has 146 valence electrons. The Kier molecular flexibility index (Phi) is 5.09. The van der Waals surface area contributed by atoms with Gasteiger partial charge in [0.05, 0.1) is 11.3 Å². The van der Waals surface area contributed by atoms with Crippen molar-refractivity contribution in [3.05, 3.63) is 82.3 Å². The summed E-state index contributed by atoms with van der Waals surface area (Å²) >= 11 is 0. The van der Waals surface area contributed by atoms with Crippen molar-refractivity contribution in [2.75, 3.05) is 24.5 Å². The van der Waals surface area contributed by atoms with Gasteiger partial charge in [0.1, 0.15) is 0 Å². The maximum Gasteiger partial charge on any atom is 0.276 e. The molecule has 1 atom stereocenters. The van der Waals surface area contributed by atoms with Crippen LogP contribution in [-0.2, 0) is 13.6 Å². The van der Waals surface area contributed by atoms with Crippen molar-refractivity contribution in [3.8, 4) is 5.69 Å². The van der Waals surface area contributed by atoms with Crippen LogP contribution in [0.2, 0.25) is 0 Å². The highest BCUT2D eigenvalue weighted by Gasteiger charge is 2.26. The molecule has 4 rings (SSSR count). The fraction of sp³-hybridized carbons (Fsp3) is 0.348. The molecule has 5 nitrogen and oxygen atoms in total. The predicted molar refractivity (Wildman–Crippen MR) is 114 cm³/mol. The van der Waals surface area contributed by atoms with Gasteiger partial charge in [0.2, 0.25) is 0 Å². The summed E-state index contributed by atoms with van der Waals surface area (Å²) in [5.74, 6) is 0. The molecule has 1 aliphatic rings. The minimum atomic E-state index is 0.0869. The highest BCUT2D eigenvalue weighted by Crippen LogP contribution is 2.21. The Hall–Kier alpha value is -2.79. The fourth-order valence-corrected chi connectivity index (χ4v) is 4.11. The summed E-state index contributed by atoms with van der Waals surface area (Å²) in [6.45, 7) is 7.90. The molecular formula is C23H28N4O. The molecule has 0 saturated carbocycles. The molecule has 2 aromatic carbocycles. The van der Waals surface area contributed by atoms with Gasteiger partial charge in [0.15, 0.2) is 0 Å². The summed E-state index contributed by atoms with van der Waals surface area (Å²) in [4.78, 5) is 18.0. The first-order valence-electron chi connectivity index (χ1n) is 9.93. The SMILES string of the molecule is Cc1c(CN2CCN(c3ccccc3)C[C@H]2C)c(=O)n(-c2ccccc2)n1C. The standard InChI is InChI=1S/C23H28N4O/c1-18-16-26(20-10-6-4-7-11-20)15-14-25(18)17-22-19(2)24(3)27(23(22)28)21-12-8-5-9-13-21/h4-13,18H,14-17H2,1-3H3/t18-/m1/s1. The van der Waals surface area contributed by atoms with E-state index >= 15 is 0 Å². The topological polar surface area (TPSA) is 33.4 Å². The van der Waals surface area contributed by atoms with Crippen LogP contribution in [0.4, 0.5) is 5.69 Å². The summed E-state index contributed by atoms with van der Waals surface area (Å²) in [6.07, 6.45) is 0. The van der Waals surface area contributed by atoms with Gasteiger partial charge in [-0.05, 0) is 38.1 Å². The second-order valence-electron chi connectivity index (χ2n) is 7.64. The first kappa shape index (κ1) is 18.6. The van der Waals surface area contributed by atoms with Crippen molar-refractivity contribution in [1.82, 2.24) is 14.3 Å². The molecule has 3 aromatic rings. The van der Waals surface area contributed by atoms with E-state index < -0.39 is 0 Å². The van der Waals surface area contributed by atoms with Gasteiger partial charge in [-0.3, -0.25) is 14.4 Å². The minimum absolute atomic E-state index is 0.0869. The van der Waals surface area contributed by atoms with E-state index in [-0.39, 0.29) is 5.56 Å². The van der Waals surface area contributed by atoms with Crippen LogP contribution in [0, 0.1) is 6.92 Å². The molecule has 0 amide bonds. The van der Waals surface area contributed by atoms with E-state index in [9.17, 15) is 4.79 Å². The summed E-state index contributed by atoms with van der Waals surface area (Å²) in [6, 6.07) is 20.8. The molecule has 5 heteroatoms. The van der Waals surface area contributed by atoms with E-state index in [0.717, 1.165) is 36.6 Å². The van der Waals surface area contributed by atoms with Crippen LogP contribution < -0.4 is 10.5 Å². The molecule has 1 aliphatic heterocycles. The lowest BCUT2D eigenvalue weighted by atomic mass is 10.1. The molecule has 1 aromatic heterocycles. The molecule has 2 heterocycles. The molecule has 1 saturated heterocycles. The van der Waals surface area contributed by atoms with Gasteiger partial charge >= 0.3 is 0 Å². The third-order valence-corrected chi connectivity index (χ3v) is 5.92. The minimum Gasteiger partial charge on any atom is -0.369 e. The lowest BCUT2D eigenvalue weighted by Gasteiger charge is -2.40. The molecule has 0 radical (unpaired) electrons. The quantitative estimate of drug-likeness (QED) is 0.701. The number of aromatic nitrogens is 2. The first-order chi connectivity index (χ1) is 13.6. The van der Waals surface area contributed by atoms with Crippen molar-refractivity contribution in [2.45, 2.75) is 26.4 Å². The van der Waals surface area contributed by atoms with Crippen molar-refractivity contribution < 1.29 is 0 Å². The van der Waals surface area contributed by atoms with Crippen molar-refractivity contribution in [2.24, 2.45) is 7.05 Å². The third kappa shape index (κ3) is 3.38. The second kappa shape index (κ2) is 7.68. The molecule has 0 spiro atoms. The number of para-hydroxylation sites is 2. The zero-order valence-electron chi connectivity index (χ0n) is 16.9. The average molecular weight is 377 g/mol. The van der Waals surface area contributed by atoms with Gasteiger partial charge in [-0.2, -0.15) is 0 Å². The summed E-state index contributed by atoms with van der Waals surface area (Å²) in [5, 5.41) is 0. The van der Waals surface area contributed by atoms with Gasteiger partial charge in [-0.15, -0.1) is 0 Å². The second-order valence-corrected chi connectivity index (χ2v) is 7.64. The Bertz CT molecular complexity index is 991. The van der Waals surface area contributed by atoms with E-state index in [4.69, 9.17) is 0 Å². The van der Waals surface area contributed by atoms with Crippen molar-refractivity contribution in [3.63, 3.8) is 0 Å². The van der Waals surface area contributed by atoms with E-state index in [1.54, 1.807) is 4.68 Å². The largest absolute Gasteiger partial charge is 0.369 e. The number of nitrogens with zero attached hydrogens (tertiary/aromatic N) is 4. The monoisotopic (exact) mass is 376 g/mol. The lowest BCUT2D eigenvalue weighted by Crippen LogP contribution is -2.51. The number of piperazine rings is 1. The van der Waals surface area contributed by atoms with Crippen molar-refractivity contribution >= 4 is 5.69 Å². The maximum atomic E-state index is 13.2. The highest BCUT2D eigenvalue weighted by molar-refractivity contribution is 5.46. The number of benzene rings is 2. The molecule has 0 unspecified atom stereocenters. The summed E-state index contributed by atoms with van der Waals surface area (Å²) in [5.41, 5.74) is 4.20. The van der Waals surface area contributed by atoms with Crippen LogP contribution in [-0.4, -0.2) is 39.9 Å². The van der Waals surface area contributed by atoms with E-state index in [1.165, 1.54) is 5.69 Å². The summed E-state index contributed by atoms with van der Waals surface area (Å²) < 4.78 is 3.74. The number of hydrogen-bond acceptors (Lipinski definition) is 3. The van der Waals surface area contributed by atoms with E-state index in [2.05, 4.69) is 47.1 Å². The smallest absolute Gasteiger partial charge is 0.276 e. The van der Waals surface area contributed by atoms with Gasteiger partial charge in [-0.25, -0.2) is 4.68 Å². The van der Waals surface area contributed by atoms with E-state index in [1.807, 2.05) is 49.0 Å². The fourth-order valence-electron chi connectivity index (χ4n) is 4.11. The van der Waals surface area contributed by atoms with Crippen LogP contribution in [0.15, 0.2) is 65.5 Å². The Labute approximate surface area is 166 Å². The predicted octanol–water partition coefficient (Wildman–Crippen LogP) is 3.20. The number of hydrogen-bond donors (Lipinski definition) is 0. The number of anilines is 1. The molecule has 0 bridgehead atoms. The highest BCUT2D eigenvalue weighted by atomic mass is 16.1. The van der Waals surface area contributed by atoms with Crippen LogP contribution in [0.5, 0.6) is 0 Å². The average Bonchev–Trinajstić information content (AvgIpc) is 2.94. The number of rotatable bonds is 4. The molecule has 1 fully saturated rings. The zero-order chi connectivity index (χ0) is 19.7. The molecular weight excluding hydrogens is 348 g/mol. The first-order valence-corrected chi connectivity index (χ1v) is 9.93. The molecule has 0 N–H and O–H groups in total. The van der Waals surface area contributed by atoms with Crippen LogP contribution in [0.3, 0.4) is 0 Å². The van der Waals surface area contributed by atoms with Crippen LogP contribution in [0.25, 0.3) is 5.69 Å². The third-order valence-electron chi connectivity index (χ3n) is 5.92.